The molecule has 1 aromatic heterocycles. The zero-order chi connectivity index (χ0) is 12.1. The fourth-order valence-electron chi connectivity index (χ4n) is 2.34. The van der Waals surface area contributed by atoms with Crippen molar-refractivity contribution in [1.29, 1.82) is 0 Å². The van der Waals surface area contributed by atoms with Gasteiger partial charge in [0.05, 0.1) is 5.01 Å². The Hall–Kier alpha value is -0.450. The van der Waals surface area contributed by atoms with Crippen molar-refractivity contribution in [2.45, 2.75) is 38.6 Å². The topological polar surface area (TPSA) is 28.2 Å². The molecule has 1 aliphatic rings. The van der Waals surface area contributed by atoms with Crippen LogP contribution in [0.1, 0.15) is 30.0 Å². The Morgan fingerprint density at radius 3 is 3.12 bits per heavy atom. The molecule has 4 heteroatoms. The maximum absolute atomic E-state index is 4.49. The molecule has 1 fully saturated rings. The zero-order valence-corrected chi connectivity index (χ0v) is 11.7. The van der Waals surface area contributed by atoms with Crippen LogP contribution < -0.4 is 5.32 Å². The number of likely N-dealkylation sites (tertiary alicyclic amines) is 1. The van der Waals surface area contributed by atoms with Crippen LogP contribution in [0.15, 0.2) is 5.38 Å². The van der Waals surface area contributed by atoms with Crippen molar-refractivity contribution < 1.29 is 0 Å². The molecule has 0 bridgehead atoms. The van der Waals surface area contributed by atoms with Crippen LogP contribution >= 0.6 is 11.3 Å². The van der Waals surface area contributed by atoms with E-state index in [1.54, 1.807) is 11.3 Å². The van der Waals surface area contributed by atoms with Crippen molar-refractivity contribution in [2.24, 2.45) is 0 Å². The van der Waals surface area contributed by atoms with Gasteiger partial charge in [0.25, 0.3) is 0 Å². The van der Waals surface area contributed by atoms with Gasteiger partial charge in [0.2, 0.25) is 0 Å². The first kappa shape index (κ1) is 13.0. The molecule has 17 heavy (non-hydrogen) atoms. The average molecular weight is 253 g/mol. The highest BCUT2D eigenvalue weighted by Gasteiger charge is 2.13. The molecule has 0 amide bonds. The first-order chi connectivity index (χ1) is 8.24. The molecule has 1 unspecified atom stereocenters. The fraction of sp³-hybridized carbons (Fsp3) is 0.769. The summed E-state index contributed by atoms with van der Waals surface area (Å²) in [7, 11) is 2.22. The van der Waals surface area contributed by atoms with Crippen LogP contribution in [0, 0.1) is 6.92 Å². The normalized spacial score (nSPS) is 22.6. The molecule has 0 spiro atoms. The minimum atomic E-state index is 0.709. The van der Waals surface area contributed by atoms with Crippen molar-refractivity contribution in [3.63, 3.8) is 0 Å². The van der Waals surface area contributed by atoms with Gasteiger partial charge in [0.1, 0.15) is 0 Å². The lowest BCUT2D eigenvalue weighted by Gasteiger charge is -2.16. The summed E-state index contributed by atoms with van der Waals surface area (Å²) >= 11 is 1.78. The molecule has 0 aromatic carbocycles. The Labute approximate surface area is 108 Å². The molecular formula is C13H23N3S. The van der Waals surface area contributed by atoms with E-state index in [-0.39, 0.29) is 0 Å². The summed E-state index contributed by atoms with van der Waals surface area (Å²) < 4.78 is 0. The van der Waals surface area contributed by atoms with E-state index in [4.69, 9.17) is 0 Å². The molecule has 0 saturated carbocycles. The quantitative estimate of drug-likeness (QED) is 0.890. The number of hydrogen-bond donors (Lipinski definition) is 1. The van der Waals surface area contributed by atoms with Crippen LogP contribution in [0.2, 0.25) is 0 Å². The maximum atomic E-state index is 4.49. The lowest BCUT2D eigenvalue weighted by atomic mass is 10.1. The Kier molecular flexibility index (Phi) is 4.95. The van der Waals surface area contributed by atoms with E-state index in [0.29, 0.717) is 6.04 Å². The van der Waals surface area contributed by atoms with E-state index in [1.165, 1.54) is 37.4 Å². The number of hydrogen-bond acceptors (Lipinski definition) is 4. The zero-order valence-electron chi connectivity index (χ0n) is 10.9. The van der Waals surface area contributed by atoms with Crippen molar-refractivity contribution in [2.75, 3.05) is 26.7 Å². The van der Waals surface area contributed by atoms with E-state index in [1.807, 2.05) is 0 Å². The Morgan fingerprint density at radius 2 is 2.35 bits per heavy atom. The third-order valence-electron chi connectivity index (χ3n) is 3.39. The minimum absolute atomic E-state index is 0.709. The number of aryl methyl sites for hydroxylation is 1. The number of aromatic nitrogens is 1. The van der Waals surface area contributed by atoms with Gasteiger partial charge in [0, 0.05) is 30.1 Å². The third kappa shape index (κ3) is 4.37. The Balaban J connectivity index is 1.67. The first-order valence-electron chi connectivity index (χ1n) is 6.57. The summed E-state index contributed by atoms with van der Waals surface area (Å²) in [4.78, 5) is 6.93. The van der Waals surface area contributed by atoms with Gasteiger partial charge in [-0.2, -0.15) is 0 Å². The van der Waals surface area contributed by atoms with Gasteiger partial charge in [0.15, 0.2) is 0 Å². The molecule has 1 aromatic rings. The van der Waals surface area contributed by atoms with Crippen molar-refractivity contribution in [3.8, 4) is 0 Å². The first-order valence-corrected chi connectivity index (χ1v) is 7.45. The second kappa shape index (κ2) is 6.47. The van der Waals surface area contributed by atoms with Crippen LogP contribution in [0.5, 0.6) is 0 Å². The van der Waals surface area contributed by atoms with E-state index >= 15 is 0 Å². The number of nitrogens with one attached hydrogen (secondary N) is 1. The van der Waals surface area contributed by atoms with Crippen LogP contribution in [-0.2, 0) is 6.42 Å². The van der Waals surface area contributed by atoms with Gasteiger partial charge in [-0.3, -0.25) is 0 Å². The van der Waals surface area contributed by atoms with Crippen molar-refractivity contribution in [3.05, 3.63) is 16.1 Å². The van der Waals surface area contributed by atoms with Crippen molar-refractivity contribution >= 4 is 11.3 Å². The molecule has 3 nitrogen and oxygen atoms in total. The summed E-state index contributed by atoms with van der Waals surface area (Å²) in [5.41, 5.74) is 1.15. The number of nitrogens with zero attached hydrogens (tertiary/aromatic N) is 2. The van der Waals surface area contributed by atoms with E-state index < -0.39 is 0 Å². The second-order valence-electron chi connectivity index (χ2n) is 5.02. The van der Waals surface area contributed by atoms with Gasteiger partial charge < -0.3 is 10.2 Å². The van der Waals surface area contributed by atoms with E-state index in [0.717, 1.165) is 18.7 Å². The highest BCUT2D eigenvalue weighted by Crippen LogP contribution is 2.11. The SMILES string of the molecule is Cc1csc(CCNC2CCCN(C)CC2)n1. The van der Waals surface area contributed by atoms with Crippen LogP contribution in [-0.4, -0.2) is 42.6 Å². The molecule has 1 N–H and O–H groups in total. The summed E-state index contributed by atoms with van der Waals surface area (Å²) in [6, 6.07) is 0.709. The highest BCUT2D eigenvalue weighted by molar-refractivity contribution is 7.09. The fourth-order valence-corrected chi connectivity index (χ4v) is 3.12. The molecule has 1 aliphatic heterocycles. The molecule has 2 heterocycles. The highest BCUT2D eigenvalue weighted by atomic mass is 32.1. The molecular weight excluding hydrogens is 230 g/mol. The van der Waals surface area contributed by atoms with Crippen LogP contribution in [0.25, 0.3) is 0 Å². The van der Waals surface area contributed by atoms with Crippen LogP contribution in [0.4, 0.5) is 0 Å². The predicted octanol–water partition coefficient (Wildman–Crippen LogP) is 2.07. The molecule has 96 valence electrons. The predicted molar refractivity (Wildman–Crippen MR) is 73.7 cm³/mol. The molecule has 1 saturated heterocycles. The lowest BCUT2D eigenvalue weighted by Crippen LogP contribution is -2.31. The van der Waals surface area contributed by atoms with E-state index in [2.05, 4.69) is 34.6 Å². The average Bonchev–Trinajstić information content (AvgIpc) is 2.59. The molecule has 0 aliphatic carbocycles. The molecule has 0 radical (unpaired) electrons. The maximum Gasteiger partial charge on any atom is 0.0940 e. The summed E-state index contributed by atoms with van der Waals surface area (Å²) in [5, 5.41) is 7.08. The van der Waals surface area contributed by atoms with Crippen molar-refractivity contribution in [1.82, 2.24) is 15.2 Å². The molecule has 2 rings (SSSR count). The number of rotatable bonds is 4. The summed E-state index contributed by atoms with van der Waals surface area (Å²) in [6.07, 6.45) is 5.00. The largest absolute Gasteiger partial charge is 0.314 e. The summed E-state index contributed by atoms with van der Waals surface area (Å²) in [6.45, 7) is 5.62. The van der Waals surface area contributed by atoms with Gasteiger partial charge in [-0.1, -0.05) is 0 Å². The van der Waals surface area contributed by atoms with Gasteiger partial charge in [-0.05, 0) is 46.3 Å². The van der Waals surface area contributed by atoms with Gasteiger partial charge in [-0.15, -0.1) is 11.3 Å². The Bertz CT molecular complexity index is 337. The third-order valence-corrected chi connectivity index (χ3v) is 4.42. The van der Waals surface area contributed by atoms with Gasteiger partial charge >= 0.3 is 0 Å². The van der Waals surface area contributed by atoms with Crippen LogP contribution in [0.3, 0.4) is 0 Å². The van der Waals surface area contributed by atoms with Gasteiger partial charge in [-0.25, -0.2) is 4.98 Å². The monoisotopic (exact) mass is 253 g/mol. The standard InChI is InChI=1S/C13H23N3S/c1-11-10-17-13(15-11)5-7-14-12-4-3-8-16(2)9-6-12/h10,12,14H,3-9H2,1-2H3. The Morgan fingerprint density at radius 1 is 1.47 bits per heavy atom. The number of thiazole rings is 1. The second-order valence-corrected chi connectivity index (χ2v) is 5.96. The minimum Gasteiger partial charge on any atom is -0.314 e. The smallest absolute Gasteiger partial charge is 0.0940 e. The van der Waals surface area contributed by atoms with E-state index in [9.17, 15) is 0 Å². The lowest BCUT2D eigenvalue weighted by molar-refractivity contribution is 0.344. The molecule has 1 atom stereocenters. The summed E-state index contributed by atoms with van der Waals surface area (Å²) in [5.74, 6) is 0.